The molecule has 1 aromatic carbocycles. The zero-order valence-corrected chi connectivity index (χ0v) is 15.2. The Kier molecular flexibility index (Phi) is 5.63. The van der Waals surface area contributed by atoms with Crippen molar-refractivity contribution in [2.24, 2.45) is 5.92 Å². The molecule has 1 aliphatic carbocycles. The number of aryl methyl sites for hydroxylation is 1. The first-order valence-electron chi connectivity index (χ1n) is 9.36. The summed E-state index contributed by atoms with van der Waals surface area (Å²) in [5.41, 5.74) is 2.00. The maximum absolute atomic E-state index is 12.6. The first-order chi connectivity index (χ1) is 12.1. The van der Waals surface area contributed by atoms with Gasteiger partial charge in [0.25, 0.3) is 0 Å². The lowest BCUT2D eigenvalue weighted by atomic mass is 9.86. The van der Waals surface area contributed by atoms with Crippen LogP contribution >= 0.6 is 0 Å². The Morgan fingerprint density at radius 2 is 2.04 bits per heavy atom. The lowest BCUT2D eigenvalue weighted by Gasteiger charge is -2.34. The molecule has 0 unspecified atom stereocenters. The number of amides is 2. The van der Waals surface area contributed by atoms with Crippen molar-refractivity contribution in [1.29, 1.82) is 0 Å². The molecule has 5 heteroatoms. The van der Waals surface area contributed by atoms with Crippen LogP contribution in [0.2, 0.25) is 0 Å². The fourth-order valence-electron chi connectivity index (χ4n) is 3.79. The normalized spacial score (nSPS) is 20.6. The Morgan fingerprint density at radius 1 is 1.28 bits per heavy atom. The highest BCUT2D eigenvalue weighted by Gasteiger charge is 2.26. The van der Waals surface area contributed by atoms with Gasteiger partial charge in [0.05, 0.1) is 5.52 Å². The van der Waals surface area contributed by atoms with Gasteiger partial charge in [-0.3, -0.25) is 0 Å². The lowest BCUT2D eigenvalue weighted by Crippen LogP contribution is -2.42. The molecule has 0 aliphatic heterocycles. The molecule has 0 atom stereocenters. The number of benzene rings is 1. The van der Waals surface area contributed by atoms with E-state index in [1.54, 1.807) is 0 Å². The van der Waals surface area contributed by atoms with Gasteiger partial charge in [-0.05, 0) is 61.6 Å². The van der Waals surface area contributed by atoms with Gasteiger partial charge in [-0.15, -0.1) is 0 Å². The summed E-state index contributed by atoms with van der Waals surface area (Å²) in [5, 5.41) is 13.5. The number of aliphatic hydroxyl groups excluding tert-OH is 1. The first-order valence-corrected chi connectivity index (χ1v) is 9.36. The van der Waals surface area contributed by atoms with Crippen LogP contribution in [0.5, 0.6) is 0 Å². The first kappa shape index (κ1) is 17.8. The molecule has 5 nitrogen and oxygen atoms in total. The SMILES string of the molecule is CCCn1ccc2ccc(NC(=O)N(C)C3CCC(CO)CC3)cc21. The average molecular weight is 343 g/mol. The minimum atomic E-state index is -0.0552. The van der Waals surface area contributed by atoms with Crippen molar-refractivity contribution in [1.82, 2.24) is 9.47 Å². The number of carbonyl (C=O) groups is 1. The molecule has 0 saturated heterocycles. The number of nitrogens with one attached hydrogen (secondary N) is 1. The molecule has 1 saturated carbocycles. The number of carbonyl (C=O) groups excluding carboxylic acids is 1. The highest BCUT2D eigenvalue weighted by Crippen LogP contribution is 2.27. The van der Waals surface area contributed by atoms with Crippen LogP contribution in [0.4, 0.5) is 10.5 Å². The number of urea groups is 1. The number of rotatable bonds is 5. The van der Waals surface area contributed by atoms with Crippen molar-refractivity contribution in [3.63, 3.8) is 0 Å². The summed E-state index contributed by atoms with van der Waals surface area (Å²) in [6, 6.07) is 8.40. The molecule has 2 aromatic rings. The minimum Gasteiger partial charge on any atom is -0.396 e. The van der Waals surface area contributed by atoms with Crippen LogP contribution in [0.3, 0.4) is 0 Å². The Balaban J connectivity index is 1.66. The molecule has 1 fully saturated rings. The van der Waals surface area contributed by atoms with Gasteiger partial charge in [0.1, 0.15) is 0 Å². The number of anilines is 1. The van der Waals surface area contributed by atoms with Crippen molar-refractivity contribution in [3.8, 4) is 0 Å². The summed E-state index contributed by atoms with van der Waals surface area (Å²) in [6.07, 6.45) is 7.11. The van der Waals surface area contributed by atoms with Crippen LogP contribution in [0.25, 0.3) is 10.9 Å². The second-order valence-corrected chi connectivity index (χ2v) is 7.18. The van der Waals surface area contributed by atoms with E-state index in [-0.39, 0.29) is 18.7 Å². The zero-order chi connectivity index (χ0) is 17.8. The third kappa shape index (κ3) is 3.98. The van der Waals surface area contributed by atoms with Gasteiger partial charge in [0.15, 0.2) is 0 Å². The van der Waals surface area contributed by atoms with Crippen LogP contribution in [0, 0.1) is 5.92 Å². The number of hydrogen-bond donors (Lipinski definition) is 2. The van der Waals surface area contributed by atoms with Crippen molar-refractivity contribution >= 4 is 22.6 Å². The van der Waals surface area contributed by atoms with Crippen LogP contribution in [0.1, 0.15) is 39.0 Å². The van der Waals surface area contributed by atoms with Crippen molar-refractivity contribution < 1.29 is 9.90 Å². The predicted octanol–water partition coefficient (Wildman–Crippen LogP) is 4.07. The minimum absolute atomic E-state index is 0.0552. The molecular formula is C20H29N3O2. The van der Waals surface area contributed by atoms with Crippen molar-refractivity contribution in [3.05, 3.63) is 30.5 Å². The van der Waals surface area contributed by atoms with E-state index >= 15 is 0 Å². The predicted molar refractivity (Wildman–Crippen MR) is 102 cm³/mol. The topological polar surface area (TPSA) is 57.5 Å². The summed E-state index contributed by atoms with van der Waals surface area (Å²) >= 11 is 0. The largest absolute Gasteiger partial charge is 0.396 e. The summed E-state index contributed by atoms with van der Waals surface area (Å²) in [7, 11) is 1.87. The molecule has 1 aliphatic rings. The molecule has 2 N–H and O–H groups in total. The third-order valence-corrected chi connectivity index (χ3v) is 5.43. The van der Waals surface area contributed by atoms with E-state index in [9.17, 15) is 9.90 Å². The van der Waals surface area contributed by atoms with E-state index in [0.717, 1.165) is 49.9 Å². The Bertz CT molecular complexity index is 717. The standard InChI is InChI=1S/C20H29N3O2/c1-3-11-23-12-10-16-6-7-17(13-19(16)23)21-20(25)22(2)18-8-4-15(14-24)5-9-18/h6-7,10,12-13,15,18,24H,3-5,8-9,11,14H2,1-2H3,(H,21,25). The summed E-state index contributed by atoms with van der Waals surface area (Å²) in [5.74, 6) is 0.404. The molecule has 1 heterocycles. The maximum atomic E-state index is 12.6. The zero-order valence-electron chi connectivity index (χ0n) is 15.2. The van der Waals surface area contributed by atoms with Gasteiger partial charge in [-0.25, -0.2) is 4.79 Å². The molecule has 0 spiro atoms. The van der Waals surface area contributed by atoms with Crippen LogP contribution in [-0.4, -0.2) is 40.3 Å². The fraction of sp³-hybridized carbons (Fsp3) is 0.550. The Labute approximate surface area is 149 Å². The summed E-state index contributed by atoms with van der Waals surface area (Å²) < 4.78 is 2.23. The number of fused-ring (bicyclic) bond motifs is 1. The maximum Gasteiger partial charge on any atom is 0.321 e. The molecule has 3 rings (SSSR count). The molecule has 2 amide bonds. The summed E-state index contributed by atoms with van der Waals surface area (Å²) in [6.45, 7) is 3.41. The third-order valence-electron chi connectivity index (χ3n) is 5.43. The fourth-order valence-corrected chi connectivity index (χ4v) is 3.79. The van der Waals surface area contributed by atoms with E-state index in [1.165, 1.54) is 5.39 Å². The number of nitrogens with zero attached hydrogens (tertiary/aromatic N) is 2. The van der Waals surface area contributed by atoms with E-state index in [1.807, 2.05) is 18.0 Å². The number of aliphatic hydroxyl groups is 1. The van der Waals surface area contributed by atoms with E-state index in [2.05, 4.69) is 41.2 Å². The van der Waals surface area contributed by atoms with Gasteiger partial charge in [0.2, 0.25) is 0 Å². The van der Waals surface area contributed by atoms with Crippen LogP contribution in [0.15, 0.2) is 30.5 Å². The molecule has 0 radical (unpaired) electrons. The number of aromatic nitrogens is 1. The van der Waals surface area contributed by atoms with Gasteiger partial charge < -0.3 is 19.9 Å². The molecular weight excluding hydrogens is 314 g/mol. The molecule has 136 valence electrons. The quantitative estimate of drug-likeness (QED) is 0.860. The monoisotopic (exact) mass is 343 g/mol. The highest BCUT2D eigenvalue weighted by atomic mass is 16.3. The molecule has 25 heavy (non-hydrogen) atoms. The molecule has 0 bridgehead atoms. The van der Waals surface area contributed by atoms with Gasteiger partial charge in [-0.2, -0.15) is 0 Å². The smallest absolute Gasteiger partial charge is 0.321 e. The Hall–Kier alpha value is -2.01. The van der Waals surface area contributed by atoms with Crippen LogP contribution < -0.4 is 5.32 Å². The summed E-state index contributed by atoms with van der Waals surface area (Å²) in [4.78, 5) is 14.4. The highest BCUT2D eigenvalue weighted by molar-refractivity contribution is 5.92. The van der Waals surface area contributed by atoms with Crippen molar-refractivity contribution in [2.45, 2.75) is 51.6 Å². The lowest BCUT2D eigenvalue weighted by molar-refractivity contribution is 0.139. The number of hydrogen-bond acceptors (Lipinski definition) is 2. The average Bonchev–Trinajstić information content (AvgIpc) is 3.04. The van der Waals surface area contributed by atoms with E-state index in [0.29, 0.717) is 5.92 Å². The second kappa shape index (κ2) is 7.91. The van der Waals surface area contributed by atoms with Gasteiger partial charge >= 0.3 is 6.03 Å². The van der Waals surface area contributed by atoms with Gasteiger partial charge in [-0.1, -0.05) is 13.0 Å². The Morgan fingerprint density at radius 3 is 2.72 bits per heavy atom. The van der Waals surface area contributed by atoms with Crippen molar-refractivity contribution in [2.75, 3.05) is 19.0 Å². The van der Waals surface area contributed by atoms with E-state index < -0.39 is 0 Å². The van der Waals surface area contributed by atoms with Gasteiger partial charge in [0, 0.05) is 38.1 Å². The van der Waals surface area contributed by atoms with Crippen LogP contribution in [-0.2, 0) is 6.54 Å². The second-order valence-electron chi connectivity index (χ2n) is 7.18. The van der Waals surface area contributed by atoms with E-state index in [4.69, 9.17) is 0 Å². The molecule has 1 aromatic heterocycles.